The fraction of sp³-hybridized carbons (Fsp3) is 0.333. The van der Waals surface area contributed by atoms with E-state index in [1.165, 1.54) is 0 Å². The number of benzene rings is 1. The molecule has 1 aromatic heterocycles. The van der Waals surface area contributed by atoms with Crippen LogP contribution in [0.5, 0.6) is 0 Å². The molecule has 0 aliphatic carbocycles. The molecule has 0 spiro atoms. The van der Waals surface area contributed by atoms with Gasteiger partial charge in [0, 0.05) is 24.8 Å². The number of nitrogens with one attached hydrogen (secondary N) is 2. The van der Waals surface area contributed by atoms with Crippen LogP contribution >= 0.6 is 35.6 Å². The van der Waals surface area contributed by atoms with Gasteiger partial charge in [-0.2, -0.15) is 5.10 Å². The number of nitrogens with zero attached hydrogens (tertiary/aromatic N) is 3. The fourth-order valence-corrected chi connectivity index (χ4v) is 2.11. The molecule has 22 heavy (non-hydrogen) atoms. The lowest BCUT2D eigenvalue weighted by molar-refractivity contribution is 0.685. The van der Waals surface area contributed by atoms with Crippen LogP contribution in [0.3, 0.4) is 0 Å². The summed E-state index contributed by atoms with van der Waals surface area (Å²) >= 11 is 5.98. The van der Waals surface area contributed by atoms with Crippen LogP contribution in [0, 0.1) is 0 Å². The lowest BCUT2D eigenvalue weighted by Gasteiger charge is -2.11. The maximum absolute atomic E-state index is 5.98. The second-order valence-corrected chi connectivity index (χ2v) is 5.06. The van der Waals surface area contributed by atoms with Crippen LogP contribution in [0.2, 0.25) is 5.02 Å². The van der Waals surface area contributed by atoms with Crippen molar-refractivity contribution in [1.82, 2.24) is 20.4 Å². The van der Waals surface area contributed by atoms with E-state index in [2.05, 4.69) is 20.7 Å². The Morgan fingerprint density at radius 2 is 2.14 bits per heavy atom. The third kappa shape index (κ3) is 5.84. The highest BCUT2D eigenvalue weighted by Gasteiger charge is 2.01. The van der Waals surface area contributed by atoms with Crippen LogP contribution in [0.15, 0.2) is 41.5 Å². The number of rotatable bonds is 5. The predicted octanol–water partition coefficient (Wildman–Crippen LogP) is 2.95. The standard InChI is InChI=1S/C15H20ClN5.HI/c1-3-17-15(19-11-14-7-8-20-21(14)2)18-10-12-5-4-6-13(16)9-12;/h4-9H,3,10-11H2,1-2H3,(H2,17,18,19);1H. The average molecular weight is 434 g/mol. The van der Waals surface area contributed by atoms with Crippen LogP contribution < -0.4 is 10.6 Å². The Morgan fingerprint density at radius 3 is 2.77 bits per heavy atom. The molecular weight excluding hydrogens is 413 g/mol. The molecule has 0 saturated heterocycles. The molecule has 0 saturated carbocycles. The number of aryl methyl sites for hydroxylation is 1. The number of halogens is 2. The van der Waals surface area contributed by atoms with Gasteiger partial charge in [-0.05, 0) is 30.7 Å². The monoisotopic (exact) mass is 433 g/mol. The van der Waals surface area contributed by atoms with E-state index in [0.29, 0.717) is 13.1 Å². The van der Waals surface area contributed by atoms with E-state index in [4.69, 9.17) is 11.6 Å². The van der Waals surface area contributed by atoms with Crippen LogP contribution in [-0.2, 0) is 20.1 Å². The van der Waals surface area contributed by atoms with E-state index in [1.54, 1.807) is 6.20 Å². The lowest BCUT2D eigenvalue weighted by Crippen LogP contribution is -2.37. The number of guanidine groups is 1. The first-order valence-corrected chi connectivity index (χ1v) is 7.30. The third-order valence-electron chi connectivity index (χ3n) is 3.01. The van der Waals surface area contributed by atoms with E-state index < -0.39 is 0 Å². The summed E-state index contributed by atoms with van der Waals surface area (Å²) in [6.07, 6.45) is 1.78. The molecule has 0 aliphatic rings. The molecule has 120 valence electrons. The summed E-state index contributed by atoms with van der Waals surface area (Å²) in [5, 5.41) is 11.4. The number of aromatic nitrogens is 2. The van der Waals surface area contributed by atoms with E-state index >= 15 is 0 Å². The van der Waals surface area contributed by atoms with Gasteiger partial charge in [-0.15, -0.1) is 24.0 Å². The van der Waals surface area contributed by atoms with Crippen molar-refractivity contribution >= 4 is 41.5 Å². The lowest BCUT2D eigenvalue weighted by atomic mass is 10.2. The summed E-state index contributed by atoms with van der Waals surface area (Å²) in [4.78, 5) is 4.56. The van der Waals surface area contributed by atoms with Gasteiger partial charge in [0.05, 0.1) is 18.8 Å². The van der Waals surface area contributed by atoms with Gasteiger partial charge in [-0.25, -0.2) is 4.99 Å². The Balaban J connectivity index is 0.00000242. The van der Waals surface area contributed by atoms with Crippen LogP contribution in [0.4, 0.5) is 0 Å². The minimum Gasteiger partial charge on any atom is -0.357 e. The molecule has 1 aromatic carbocycles. The van der Waals surface area contributed by atoms with Gasteiger partial charge in [-0.3, -0.25) is 4.68 Å². The van der Waals surface area contributed by atoms with Crippen molar-refractivity contribution in [2.75, 3.05) is 6.54 Å². The Kier molecular flexibility index (Phi) is 8.26. The van der Waals surface area contributed by atoms with Crippen molar-refractivity contribution in [2.24, 2.45) is 12.0 Å². The quantitative estimate of drug-likeness (QED) is 0.433. The fourth-order valence-electron chi connectivity index (χ4n) is 1.90. The van der Waals surface area contributed by atoms with E-state index in [0.717, 1.165) is 28.8 Å². The number of hydrogen-bond acceptors (Lipinski definition) is 2. The maximum atomic E-state index is 5.98. The van der Waals surface area contributed by atoms with Crippen molar-refractivity contribution in [3.05, 3.63) is 52.8 Å². The van der Waals surface area contributed by atoms with Gasteiger partial charge in [0.25, 0.3) is 0 Å². The highest BCUT2D eigenvalue weighted by molar-refractivity contribution is 14.0. The normalized spacial score (nSPS) is 11.0. The zero-order valence-electron chi connectivity index (χ0n) is 12.7. The molecule has 0 bridgehead atoms. The molecular formula is C15H21ClIN5. The van der Waals surface area contributed by atoms with Crippen molar-refractivity contribution in [1.29, 1.82) is 0 Å². The van der Waals surface area contributed by atoms with Gasteiger partial charge < -0.3 is 10.6 Å². The van der Waals surface area contributed by atoms with Gasteiger partial charge in [0.1, 0.15) is 0 Å². The zero-order chi connectivity index (χ0) is 15.1. The first-order valence-electron chi connectivity index (χ1n) is 6.92. The van der Waals surface area contributed by atoms with E-state index in [1.807, 2.05) is 49.0 Å². The minimum atomic E-state index is 0. The Labute approximate surface area is 153 Å². The summed E-state index contributed by atoms with van der Waals surface area (Å²) in [5.74, 6) is 0.777. The summed E-state index contributed by atoms with van der Waals surface area (Å²) in [5.41, 5.74) is 2.18. The predicted molar refractivity (Wildman–Crippen MR) is 102 cm³/mol. The average Bonchev–Trinajstić information content (AvgIpc) is 2.87. The second kappa shape index (κ2) is 9.68. The van der Waals surface area contributed by atoms with Crippen molar-refractivity contribution in [2.45, 2.75) is 20.0 Å². The summed E-state index contributed by atoms with van der Waals surface area (Å²) < 4.78 is 1.84. The number of hydrogen-bond donors (Lipinski definition) is 2. The zero-order valence-corrected chi connectivity index (χ0v) is 15.8. The second-order valence-electron chi connectivity index (χ2n) is 4.62. The smallest absolute Gasteiger partial charge is 0.191 e. The molecule has 2 N–H and O–H groups in total. The van der Waals surface area contributed by atoms with Gasteiger partial charge in [0.2, 0.25) is 0 Å². The highest BCUT2D eigenvalue weighted by atomic mass is 127. The van der Waals surface area contributed by atoms with E-state index in [9.17, 15) is 0 Å². The summed E-state index contributed by atoms with van der Waals surface area (Å²) in [6.45, 7) is 4.12. The van der Waals surface area contributed by atoms with Crippen LogP contribution in [0.25, 0.3) is 0 Å². The van der Waals surface area contributed by atoms with Crippen LogP contribution in [0.1, 0.15) is 18.2 Å². The molecule has 0 amide bonds. The van der Waals surface area contributed by atoms with Crippen LogP contribution in [-0.4, -0.2) is 22.3 Å². The highest BCUT2D eigenvalue weighted by Crippen LogP contribution is 2.11. The Hall–Kier alpha value is -1.28. The van der Waals surface area contributed by atoms with E-state index in [-0.39, 0.29) is 24.0 Å². The van der Waals surface area contributed by atoms with Crippen molar-refractivity contribution < 1.29 is 0 Å². The largest absolute Gasteiger partial charge is 0.357 e. The summed E-state index contributed by atoms with van der Waals surface area (Å²) in [6, 6.07) is 9.72. The van der Waals surface area contributed by atoms with Crippen molar-refractivity contribution in [3.8, 4) is 0 Å². The first kappa shape index (κ1) is 18.8. The topological polar surface area (TPSA) is 54.2 Å². The molecule has 2 rings (SSSR count). The third-order valence-corrected chi connectivity index (χ3v) is 3.25. The summed E-state index contributed by atoms with van der Waals surface area (Å²) in [7, 11) is 1.92. The molecule has 2 aromatic rings. The maximum Gasteiger partial charge on any atom is 0.191 e. The SMILES string of the molecule is CCNC(=NCc1cccc(Cl)c1)NCc1ccnn1C.I. The molecule has 0 unspecified atom stereocenters. The molecule has 0 atom stereocenters. The molecule has 5 nitrogen and oxygen atoms in total. The first-order chi connectivity index (χ1) is 10.2. The number of aliphatic imine (C=N–C) groups is 1. The Morgan fingerprint density at radius 1 is 1.32 bits per heavy atom. The van der Waals surface area contributed by atoms with Gasteiger partial charge in [-0.1, -0.05) is 23.7 Å². The molecule has 1 heterocycles. The Bertz CT molecular complexity index is 611. The van der Waals surface area contributed by atoms with Gasteiger partial charge >= 0.3 is 0 Å². The van der Waals surface area contributed by atoms with Crippen molar-refractivity contribution in [3.63, 3.8) is 0 Å². The van der Waals surface area contributed by atoms with Gasteiger partial charge in [0.15, 0.2) is 5.96 Å². The molecule has 0 aliphatic heterocycles. The molecule has 0 radical (unpaired) electrons. The molecule has 7 heteroatoms. The molecule has 0 fully saturated rings. The minimum absolute atomic E-state index is 0.